The van der Waals surface area contributed by atoms with Crippen LogP contribution in [0.5, 0.6) is 0 Å². The quantitative estimate of drug-likeness (QED) is 0.0723. The van der Waals surface area contributed by atoms with Gasteiger partial charge in [0, 0.05) is 0 Å². The Kier molecular flexibility index (Phi) is 20.9. The highest BCUT2D eigenvalue weighted by molar-refractivity contribution is 7.92. The van der Waals surface area contributed by atoms with Gasteiger partial charge in [0.15, 0.2) is 0 Å². The zero-order valence-corrected chi connectivity index (χ0v) is 24.7. The first-order valence-corrected chi connectivity index (χ1v) is 17.0. The van der Waals surface area contributed by atoms with E-state index in [1.54, 1.807) is 0 Å². The van der Waals surface area contributed by atoms with Gasteiger partial charge in [0.1, 0.15) is 0 Å². The topological polar surface area (TPSA) is 63.4 Å². The average molecular weight is 541 g/mol. The number of nitrogens with zero attached hydrogens (tertiary/aromatic N) is 1. The maximum absolute atomic E-state index is 12.5. The summed E-state index contributed by atoms with van der Waals surface area (Å²) in [6.07, 6.45) is 26.3. The van der Waals surface area contributed by atoms with Crippen molar-refractivity contribution in [3.63, 3.8) is 0 Å². The van der Waals surface area contributed by atoms with E-state index in [2.05, 4.69) is 6.92 Å². The molecule has 1 aromatic carbocycles. The van der Waals surface area contributed by atoms with Gasteiger partial charge in [-0.1, -0.05) is 135 Å². The molecule has 4 nitrogen and oxygen atoms in total. The predicted molar refractivity (Wildman–Crippen MR) is 159 cm³/mol. The Morgan fingerprint density at radius 1 is 0.622 bits per heavy atom. The van der Waals surface area contributed by atoms with Gasteiger partial charge in [-0.25, -0.2) is 18.7 Å². The summed E-state index contributed by atoms with van der Waals surface area (Å²) in [6.45, 7) is 2.01. The zero-order chi connectivity index (χ0) is 27.0. The van der Waals surface area contributed by atoms with E-state index in [0.29, 0.717) is 18.5 Å². The minimum Gasteiger partial charge on any atom is -0.251 e. The summed E-state index contributed by atoms with van der Waals surface area (Å²) in [7, 11) is -3.52. The molecule has 0 aromatic heterocycles. The molecule has 37 heavy (non-hydrogen) atoms. The van der Waals surface area contributed by atoms with E-state index in [1.165, 1.54) is 102 Å². The second-order valence-corrected chi connectivity index (χ2v) is 12.8. The number of hydrogen-bond acceptors (Lipinski definition) is 3. The van der Waals surface area contributed by atoms with Gasteiger partial charge >= 0.3 is 0 Å². The summed E-state index contributed by atoms with van der Waals surface area (Å²) in [5.74, 6) is 5.99. The lowest BCUT2D eigenvalue weighted by atomic mass is 10.0. The molecule has 0 aliphatic carbocycles. The van der Waals surface area contributed by atoms with Crippen LogP contribution in [-0.4, -0.2) is 20.8 Å². The van der Waals surface area contributed by atoms with Gasteiger partial charge < -0.3 is 0 Å². The van der Waals surface area contributed by atoms with Crippen molar-refractivity contribution < 1.29 is 12.8 Å². The molecule has 0 spiro atoms. The first-order valence-electron chi connectivity index (χ1n) is 15.4. The molecule has 0 unspecified atom stereocenters. The Bertz CT molecular complexity index is 740. The number of unbranched alkanes of at least 4 members (excludes halogenated alkanes) is 19. The summed E-state index contributed by atoms with van der Waals surface area (Å²) >= 11 is 0. The number of aryl methyl sites for hydroxylation is 1. The molecule has 0 aliphatic rings. The smallest absolute Gasteiger partial charge is 0.248 e. The van der Waals surface area contributed by atoms with Crippen LogP contribution >= 0.6 is 0 Å². The third kappa shape index (κ3) is 17.9. The van der Waals surface area contributed by atoms with Gasteiger partial charge in [-0.2, -0.15) is 0 Å². The number of hydrogen-bond donors (Lipinski definition) is 1. The molecular formula is C31H57FN2O2S. The van der Waals surface area contributed by atoms with Crippen LogP contribution in [-0.2, 0) is 16.4 Å². The fourth-order valence-electron chi connectivity index (χ4n) is 4.85. The molecule has 0 heterocycles. The Morgan fingerprint density at radius 2 is 1.03 bits per heavy atom. The van der Waals surface area contributed by atoms with Gasteiger partial charge in [0.25, 0.3) is 0 Å². The van der Waals surface area contributed by atoms with Gasteiger partial charge in [-0.3, -0.25) is 4.39 Å². The van der Waals surface area contributed by atoms with E-state index in [0.717, 1.165) is 36.5 Å². The van der Waals surface area contributed by atoms with Crippen molar-refractivity contribution in [2.75, 3.05) is 16.8 Å². The van der Waals surface area contributed by atoms with Crippen LogP contribution in [0.2, 0.25) is 0 Å². The molecule has 0 saturated carbocycles. The van der Waals surface area contributed by atoms with Gasteiger partial charge in [-0.15, -0.1) is 0 Å². The van der Waals surface area contributed by atoms with E-state index in [9.17, 15) is 12.8 Å². The highest BCUT2D eigenvalue weighted by atomic mass is 32.2. The monoisotopic (exact) mass is 540 g/mol. The summed E-state index contributed by atoms with van der Waals surface area (Å²) in [5, 5.41) is 0. The summed E-state index contributed by atoms with van der Waals surface area (Å²) < 4.78 is 38.1. The lowest BCUT2D eigenvalue weighted by Crippen LogP contribution is -2.39. The molecule has 216 valence electrons. The van der Waals surface area contributed by atoms with Gasteiger partial charge in [0.2, 0.25) is 10.0 Å². The Morgan fingerprint density at radius 3 is 1.49 bits per heavy atom. The summed E-state index contributed by atoms with van der Waals surface area (Å²) in [6, 6.07) is 7.63. The average Bonchev–Trinajstić information content (AvgIpc) is 2.90. The third-order valence-corrected chi connectivity index (χ3v) is 8.96. The van der Waals surface area contributed by atoms with Gasteiger partial charge in [0.05, 0.1) is 18.1 Å². The largest absolute Gasteiger partial charge is 0.251 e. The first kappa shape index (κ1) is 33.9. The molecule has 2 N–H and O–H groups in total. The Labute approximate surface area is 229 Å². The number of sulfonamides is 1. The Hall–Kier alpha value is -1.14. The minimum atomic E-state index is -3.52. The number of hydrazine groups is 1. The molecule has 0 fully saturated rings. The second-order valence-electron chi connectivity index (χ2n) is 10.8. The van der Waals surface area contributed by atoms with Crippen molar-refractivity contribution in [3.05, 3.63) is 29.8 Å². The molecule has 0 bridgehead atoms. The summed E-state index contributed by atoms with van der Waals surface area (Å²) in [4.78, 5) is 0. The van der Waals surface area contributed by atoms with E-state index >= 15 is 0 Å². The van der Waals surface area contributed by atoms with Gasteiger partial charge in [-0.05, 0) is 43.4 Å². The lowest BCUT2D eigenvalue weighted by Gasteiger charge is -2.19. The van der Waals surface area contributed by atoms with Crippen molar-refractivity contribution in [2.45, 2.75) is 148 Å². The molecule has 1 rings (SSSR count). The van der Waals surface area contributed by atoms with Crippen LogP contribution in [0.1, 0.15) is 147 Å². The predicted octanol–water partition coefficient (Wildman–Crippen LogP) is 9.42. The molecule has 0 saturated heterocycles. The number of alkyl halides is 1. The van der Waals surface area contributed by atoms with Crippen LogP contribution in [0.15, 0.2) is 24.3 Å². The number of nitrogens with two attached hydrogens (primary N) is 1. The number of halogens is 1. The molecule has 0 radical (unpaired) electrons. The number of rotatable bonds is 26. The molecule has 1 aromatic rings. The van der Waals surface area contributed by atoms with E-state index in [-0.39, 0.29) is 12.4 Å². The Balaban J connectivity index is 2.07. The van der Waals surface area contributed by atoms with E-state index in [1.807, 2.05) is 24.3 Å². The lowest BCUT2D eigenvalue weighted by molar-refractivity contribution is 0.451. The maximum atomic E-state index is 12.5. The van der Waals surface area contributed by atoms with Crippen LogP contribution in [0.25, 0.3) is 0 Å². The molecule has 0 atom stereocenters. The number of benzene rings is 1. The number of anilines is 1. The zero-order valence-electron chi connectivity index (χ0n) is 23.9. The van der Waals surface area contributed by atoms with Crippen molar-refractivity contribution in [2.24, 2.45) is 5.84 Å². The normalized spacial score (nSPS) is 11.8. The highest BCUT2D eigenvalue weighted by Gasteiger charge is 2.18. The fourth-order valence-corrected chi connectivity index (χ4v) is 6.06. The molecule has 0 aliphatic heterocycles. The molecule has 0 amide bonds. The summed E-state index contributed by atoms with van der Waals surface area (Å²) in [5.41, 5.74) is 1.75. The maximum Gasteiger partial charge on any atom is 0.248 e. The second kappa shape index (κ2) is 22.8. The highest BCUT2D eigenvalue weighted by Crippen LogP contribution is 2.19. The van der Waals surface area contributed by atoms with Crippen LogP contribution in [0.3, 0.4) is 0 Å². The van der Waals surface area contributed by atoms with Crippen LogP contribution in [0.4, 0.5) is 10.1 Å². The van der Waals surface area contributed by atoms with E-state index < -0.39 is 10.0 Å². The SMILES string of the molecule is CCCCCCCCCCCCCCCCCc1ccc(N(N)S(=O)(=O)CCCCCCCCF)cc1. The van der Waals surface area contributed by atoms with Crippen molar-refractivity contribution >= 4 is 15.7 Å². The third-order valence-electron chi connectivity index (χ3n) is 7.35. The fraction of sp³-hybridized carbons (Fsp3) is 0.806. The van der Waals surface area contributed by atoms with Crippen molar-refractivity contribution in [3.8, 4) is 0 Å². The molecular weight excluding hydrogens is 483 g/mol. The minimum absolute atomic E-state index is 0.0491. The molecule has 6 heteroatoms. The van der Waals surface area contributed by atoms with Crippen molar-refractivity contribution in [1.82, 2.24) is 0 Å². The van der Waals surface area contributed by atoms with Crippen molar-refractivity contribution in [1.29, 1.82) is 0 Å². The standard InChI is InChI=1S/C31H57FN2O2S/c1-2-3-4-5-6-7-8-9-10-11-12-13-14-17-20-23-30-24-26-31(27-25-30)34(33)37(35,36)29-22-19-16-15-18-21-28-32/h24-27H,2-23,28-29,33H2,1H3. The first-order chi connectivity index (χ1) is 18.0. The van der Waals surface area contributed by atoms with Crippen LogP contribution in [0, 0.1) is 0 Å². The van der Waals surface area contributed by atoms with E-state index in [4.69, 9.17) is 5.84 Å². The van der Waals surface area contributed by atoms with Crippen LogP contribution < -0.4 is 10.3 Å².